The lowest BCUT2D eigenvalue weighted by molar-refractivity contribution is -0.122. The van der Waals surface area contributed by atoms with Crippen molar-refractivity contribution in [2.75, 3.05) is 33.4 Å². The molecule has 1 amide bonds. The minimum Gasteiger partial charge on any atom is -0.481 e. The van der Waals surface area contributed by atoms with Gasteiger partial charge in [0, 0.05) is 49.3 Å². The maximum Gasteiger partial charge on any atom is 0.266 e. The number of aromatic nitrogens is 5. The molecule has 56 heavy (non-hydrogen) atoms. The Balaban J connectivity index is 1.26. The maximum atomic E-state index is 14.6. The Kier molecular flexibility index (Phi) is 10.2. The number of sulfonamides is 1. The van der Waals surface area contributed by atoms with Crippen molar-refractivity contribution in [2.24, 2.45) is 0 Å². The first-order valence-corrected chi connectivity index (χ1v) is 19.5. The third-order valence-corrected chi connectivity index (χ3v) is 11.7. The number of amides is 1. The number of nitrogens with one attached hydrogen (secondary N) is 1. The van der Waals surface area contributed by atoms with Crippen LogP contribution in [0.25, 0.3) is 27.8 Å². The molecule has 16 heteroatoms. The summed E-state index contributed by atoms with van der Waals surface area (Å²) < 4.78 is 70.9. The summed E-state index contributed by atoms with van der Waals surface area (Å²) in [6.07, 6.45) is 3.63. The molecule has 1 aliphatic carbocycles. The lowest BCUT2D eigenvalue weighted by atomic mass is 10.0. The van der Waals surface area contributed by atoms with Crippen LogP contribution in [0.4, 0.5) is 8.78 Å². The number of nitrogens with zero attached hydrogens (tertiary/aromatic N) is 6. The molecule has 2 fully saturated rings. The van der Waals surface area contributed by atoms with E-state index >= 15 is 0 Å². The lowest BCUT2D eigenvalue weighted by Gasteiger charge is -2.26. The van der Waals surface area contributed by atoms with Crippen LogP contribution < -0.4 is 15.6 Å². The predicted molar refractivity (Wildman–Crippen MR) is 202 cm³/mol. The highest BCUT2D eigenvalue weighted by Crippen LogP contribution is 2.38. The number of hydrogen-bond donors (Lipinski definition) is 1. The Morgan fingerprint density at radius 2 is 1.71 bits per heavy atom. The second-order valence-electron chi connectivity index (χ2n) is 13.7. The van der Waals surface area contributed by atoms with Gasteiger partial charge in [-0.1, -0.05) is 12.1 Å². The van der Waals surface area contributed by atoms with Crippen molar-refractivity contribution in [3.8, 4) is 22.8 Å². The van der Waals surface area contributed by atoms with E-state index in [9.17, 15) is 26.8 Å². The number of benzene rings is 3. The molecule has 288 valence electrons. The van der Waals surface area contributed by atoms with Crippen LogP contribution in [-0.2, 0) is 32.5 Å². The Morgan fingerprint density at radius 1 is 0.964 bits per heavy atom. The van der Waals surface area contributed by atoms with Crippen molar-refractivity contribution in [1.29, 1.82) is 0 Å². The zero-order valence-electron chi connectivity index (χ0n) is 30.3. The van der Waals surface area contributed by atoms with Gasteiger partial charge in [-0.3, -0.25) is 18.8 Å². The number of hydrogen-bond acceptors (Lipinski definition) is 9. The Bertz CT molecular complexity index is 2580. The van der Waals surface area contributed by atoms with Crippen LogP contribution in [0.3, 0.4) is 0 Å². The third-order valence-electron chi connectivity index (χ3n) is 9.80. The van der Waals surface area contributed by atoms with E-state index in [4.69, 9.17) is 14.5 Å². The first kappa shape index (κ1) is 37.1. The van der Waals surface area contributed by atoms with Gasteiger partial charge in [0.05, 0.1) is 59.2 Å². The van der Waals surface area contributed by atoms with Crippen LogP contribution in [-0.4, -0.2) is 76.4 Å². The highest BCUT2D eigenvalue weighted by molar-refractivity contribution is 7.89. The zero-order chi connectivity index (χ0) is 39.0. The molecule has 4 heterocycles. The standard InChI is InChI=1S/C40H37F2N7O6S/c1-54-38-4-2-3-33(44-38)27-7-12-32-35(22-27)45-39(49(40(32)51)30-8-10-31(11-9-30)56(52,53)48-15-17-55-18-16-48)36(21-25-19-28(41)23-29(42)20-25)43-37(50)24-47-14-13-34(46-47)26-5-6-26/h2-4,7-14,19-20,22-23,26,36H,5-6,15-18,21,24H2,1H3,(H,43,50). The molecule has 0 bridgehead atoms. The van der Waals surface area contributed by atoms with E-state index in [1.165, 1.54) is 44.9 Å². The van der Waals surface area contributed by atoms with Crippen LogP contribution in [0.2, 0.25) is 0 Å². The first-order chi connectivity index (χ1) is 27.0. The molecule has 1 saturated carbocycles. The molecule has 1 saturated heterocycles. The van der Waals surface area contributed by atoms with Crippen molar-refractivity contribution in [2.45, 2.75) is 42.7 Å². The Labute approximate surface area is 320 Å². The Morgan fingerprint density at radius 3 is 2.43 bits per heavy atom. The van der Waals surface area contributed by atoms with Gasteiger partial charge in [0.1, 0.15) is 24.0 Å². The zero-order valence-corrected chi connectivity index (χ0v) is 31.1. The normalized spacial score (nSPS) is 15.5. The lowest BCUT2D eigenvalue weighted by Crippen LogP contribution is -2.40. The Hall–Kier alpha value is -5.84. The molecule has 2 aliphatic rings. The second-order valence-corrected chi connectivity index (χ2v) is 15.7. The summed E-state index contributed by atoms with van der Waals surface area (Å²) in [5.74, 6) is -1.31. The number of carbonyl (C=O) groups is 1. The van der Waals surface area contributed by atoms with Crippen molar-refractivity contribution in [1.82, 2.24) is 33.9 Å². The smallest absolute Gasteiger partial charge is 0.266 e. The summed E-state index contributed by atoms with van der Waals surface area (Å²) in [5, 5.41) is 7.72. The molecule has 1 unspecified atom stereocenters. The van der Waals surface area contributed by atoms with Gasteiger partial charge in [-0.2, -0.15) is 9.40 Å². The van der Waals surface area contributed by atoms with Gasteiger partial charge in [0.2, 0.25) is 21.8 Å². The number of ether oxygens (including phenoxy) is 2. The molecule has 0 radical (unpaired) electrons. The van der Waals surface area contributed by atoms with Gasteiger partial charge in [-0.25, -0.2) is 27.2 Å². The van der Waals surface area contributed by atoms with Crippen molar-refractivity contribution in [3.63, 3.8) is 0 Å². The van der Waals surface area contributed by atoms with E-state index in [1.54, 1.807) is 42.6 Å². The van der Waals surface area contributed by atoms with E-state index in [0.717, 1.165) is 36.7 Å². The maximum absolute atomic E-state index is 14.6. The van der Waals surface area contributed by atoms with Gasteiger partial charge in [-0.15, -0.1) is 0 Å². The minimum absolute atomic E-state index is 0.0202. The number of halogens is 2. The van der Waals surface area contributed by atoms with Gasteiger partial charge >= 0.3 is 0 Å². The molecule has 3 aromatic carbocycles. The molecule has 0 spiro atoms. The van der Waals surface area contributed by atoms with E-state index in [0.29, 0.717) is 23.1 Å². The molecular weight excluding hydrogens is 745 g/mol. The fourth-order valence-corrected chi connectivity index (χ4v) is 8.27. The van der Waals surface area contributed by atoms with Crippen LogP contribution in [0, 0.1) is 11.6 Å². The number of rotatable bonds is 12. The summed E-state index contributed by atoms with van der Waals surface area (Å²) >= 11 is 0. The van der Waals surface area contributed by atoms with Gasteiger partial charge < -0.3 is 14.8 Å². The number of morpholine rings is 1. The van der Waals surface area contributed by atoms with Crippen molar-refractivity contribution < 1.29 is 31.5 Å². The topological polar surface area (TPSA) is 151 Å². The monoisotopic (exact) mass is 781 g/mol. The second kappa shape index (κ2) is 15.4. The van der Waals surface area contributed by atoms with Gasteiger partial charge in [0.15, 0.2) is 0 Å². The van der Waals surface area contributed by atoms with Crippen LogP contribution in [0.5, 0.6) is 5.88 Å². The number of carbonyl (C=O) groups excluding carboxylic acids is 1. The molecule has 13 nitrogen and oxygen atoms in total. The largest absolute Gasteiger partial charge is 0.481 e. The van der Waals surface area contributed by atoms with Crippen molar-refractivity contribution in [3.05, 3.63) is 130 Å². The molecule has 3 aromatic heterocycles. The van der Waals surface area contributed by atoms with E-state index < -0.39 is 39.2 Å². The van der Waals surface area contributed by atoms with Crippen LogP contribution >= 0.6 is 0 Å². The summed E-state index contributed by atoms with van der Waals surface area (Å²) in [6.45, 7) is 0.798. The average Bonchev–Trinajstić information content (AvgIpc) is 3.95. The quantitative estimate of drug-likeness (QED) is 0.182. The fourth-order valence-electron chi connectivity index (χ4n) is 6.86. The van der Waals surface area contributed by atoms with E-state index in [2.05, 4.69) is 15.4 Å². The molecular formula is C40H37F2N7O6S. The number of pyridine rings is 1. The molecule has 8 rings (SSSR count). The minimum atomic E-state index is -3.86. The van der Waals surface area contributed by atoms with Crippen LogP contribution in [0.15, 0.2) is 101 Å². The molecule has 1 atom stereocenters. The van der Waals surface area contributed by atoms with E-state index in [1.807, 2.05) is 6.07 Å². The molecule has 1 N–H and O–H groups in total. The summed E-state index contributed by atoms with van der Waals surface area (Å²) in [4.78, 5) is 37.9. The van der Waals surface area contributed by atoms with Crippen LogP contribution in [0.1, 0.15) is 41.9 Å². The highest BCUT2D eigenvalue weighted by Gasteiger charge is 2.29. The summed E-state index contributed by atoms with van der Waals surface area (Å²) in [7, 11) is -2.36. The summed E-state index contributed by atoms with van der Waals surface area (Å²) in [6, 6.07) is 19.9. The molecule has 1 aliphatic heterocycles. The number of fused-ring (bicyclic) bond motifs is 1. The number of methoxy groups -OCH3 is 1. The van der Waals surface area contributed by atoms with Crippen molar-refractivity contribution >= 4 is 26.8 Å². The third kappa shape index (κ3) is 7.80. The first-order valence-electron chi connectivity index (χ1n) is 18.1. The highest BCUT2D eigenvalue weighted by atomic mass is 32.2. The van der Waals surface area contributed by atoms with E-state index in [-0.39, 0.29) is 72.1 Å². The molecule has 6 aromatic rings. The summed E-state index contributed by atoms with van der Waals surface area (Å²) in [5.41, 5.74) is 2.28. The fraction of sp³-hybridized carbons (Fsp3) is 0.275. The average molecular weight is 782 g/mol. The SMILES string of the molecule is COc1cccc(-c2ccc3c(=O)n(-c4ccc(S(=O)(=O)N5CCOCC5)cc4)c(C(Cc4cc(F)cc(F)c4)NC(=O)Cn4ccc(C5CC5)n4)nc3c2)n1. The van der Waals surface area contributed by atoms with Gasteiger partial charge in [0.25, 0.3) is 5.56 Å². The van der Waals surface area contributed by atoms with Gasteiger partial charge in [-0.05, 0) is 79.1 Å². The predicted octanol–water partition coefficient (Wildman–Crippen LogP) is 4.93.